The average molecular weight is 371 g/mol. The number of nitrogens with zero attached hydrogens (tertiary/aromatic N) is 1. The van der Waals surface area contributed by atoms with Crippen LogP contribution in [-0.4, -0.2) is 22.0 Å². The minimum Gasteiger partial charge on any atom is -0.427 e. The fourth-order valence-electron chi connectivity index (χ4n) is 2.38. The van der Waals surface area contributed by atoms with Crippen molar-refractivity contribution in [1.29, 1.82) is 0 Å². The Bertz CT molecular complexity index is 908. The van der Waals surface area contributed by atoms with Crippen molar-refractivity contribution < 1.29 is 23.5 Å². The highest BCUT2D eigenvalue weighted by Gasteiger charge is 2.35. The van der Waals surface area contributed by atoms with Crippen LogP contribution in [0.2, 0.25) is 0 Å². The molecule has 0 unspecified atom stereocenters. The quantitative estimate of drug-likeness (QED) is 0.462. The zero-order valence-corrected chi connectivity index (χ0v) is 14.6. The van der Waals surface area contributed by atoms with Gasteiger partial charge in [-0.2, -0.15) is 0 Å². The van der Waals surface area contributed by atoms with E-state index in [9.17, 15) is 18.8 Å². The number of carbonyl (C=O) groups excluding carboxylic acids is 3. The Hall–Kier alpha value is -2.93. The molecule has 0 bridgehead atoms. The summed E-state index contributed by atoms with van der Waals surface area (Å²) < 4.78 is 18.7. The summed E-state index contributed by atoms with van der Waals surface area (Å²) in [4.78, 5) is 36.8. The van der Waals surface area contributed by atoms with Gasteiger partial charge in [0.25, 0.3) is 11.1 Å². The number of benzene rings is 2. The molecule has 0 spiro atoms. The van der Waals surface area contributed by atoms with Crippen LogP contribution in [0.15, 0.2) is 53.4 Å². The van der Waals surface area contributed by atoms with Crippen LogP contribution < -0.4 is 4.74 Å². The molecule has 0 N–H and O–H groups in total. The Kier molecular flexibility index (Phi) is 5.18. The number of ether oxygens (including phenoxy) is 1. The van der Waals surface area contributed by atoms with Crippen molar-refractivity contribution in [2.45, 2.75) is 13.5 Å². The van der Waals surface area contributed by atoms with Crippen LogP contribution in [0, 0.1) is 5.82 Å². The molecule has 26 heavy (non-hydrogen) atoms. The van der Waals surface area contributed by atoms with Gasteiger partial charge in [0.05, 0.1) is 11.4 Å². The lowest BCUT2D eigenvalue weighted by Gasteiger charge is -2.12. The predicted molar refractivity (Wildman–Crippen MR) is 95.7 cm³/mol. The smallest absolute Gasteiger partial charge is 0.308 e. The van der Waals surface area contributed by atoms with Crippen LogP contribution in [0.5, 0.6) is 5.75 Å². The largest absolute Gasteiger partial charge is 0.427 e. The fourth-order valence-corrected chi connectivity index (χ4v) is 3.22. The minimum atomic E-state index is -0.465. The highest BCUT2D eigenvalue weighted by atomic mass is 32.2. The third-order valence-electron chi connectivity index (χ3n) is 3.60. The number of carbonyl (C=O) groups is 3. The summed E-state index contributed by atoms with van der Waals surface area (Å²) >= 11 is 0.807. The third-order valence-corrected chi connectivity index (χ3v) is 4.51. The molecule has 0 saturated carbocycles. The van der Waals surface area contributed by atoms with Gasteiger partial charge in [-0.15, -0.1) is 0 Å². The van der Waals surface area contributed by atoms with E-state index in [2.05, 4.69) is 0 Å². The summed E-state index contributed by atoms with van der Waals surface area (Å²) in [6.45, 7) is 1.19. The molecule has 7 heteroatoms. The normalized spacial score (nSPS) is 15.6. The van der Waals surface area contributed by atoms with Gasteiger partial charge in [0, 0.05) is 12.5 Å². The second kappa shape index (κ2) is 7.53. The van der Waals surface area contributed by atoms with Gasteiger partial charge in [-0.3, -0.25) is 19.3 Å². The van der Waals surface area contributed by atoms with Crippen LogP contribution in [0.3, 0.4) is 0 Å². The van der Waals surface area contributed by atoms with Gasteiger partial charge < -0.3 is 4.74 Å². The first-order valence-electron chi connectivity index (χ1n) is 7.71. The molecule has 1 saturated heterocycles. The molecule has 2 aromatic carbocycles. The third kappa shape index (κ3) is 4.00. The SMILES string of the molecule is CC(=O)Oc1ccc(/C=C2\SC(=O)N(Cc3ccccc3F)C2=O)cc1. The second-order valence-corrected chi connectivity index (χ2v) is 6.52. The highest BCUT2D eigenvalue weighted by Crippen LogP contribution is 2.33. The van der Waals surface area contributed by atoms with E-state index in [0.29, 0.717) is 11.3 Å². The summed E-state index contributed by atoms with van der Waals surface area (Å²) in [5.41, 5.74) is 0.957. The molecule has 2 amide bonds. The van der Waals surface area contributed by atoms with Crippen LogP contribution >= 0.6 is 11.8 Å². The van der Waals surface area contributed by atoms with Gasteiger partial charge in [0.2, 0.25) is 0 Å². The Labute approximate surface area is 153 Å². The number of esters is 1. The van der Waals surface area contributed by atoms with Crippen molar-refractivity contribution in [1.82, 2.24) is 4.90 Å². The molecule has 0 aliphatic carbocycles. The van der Waals surface area contributed by atoms with Crippen LogP contribution in [0.1, 0.15) is 18.1 Å². The lowest BCUT2D eigenvalue weighted by molar-refractivity contribution is -0.131. The van der Waals surface area contributed by atoms with E-state index in [0.717, 1.165) is 16.7 Å². The topological polar surface area (TPSA) is 63.7 Å². The Morgan fingerprint density at radius 3 is 2.50 bits per heavy atom. The summed E-state index contributed by atoms with van der Waals surface area (Å²) in [6.07, 6.45) is 1.57. The van der Waals surface area contributed by atoms with Crippen molar-refractivity contribution in [3.8, 4) is 5.75 Å². The van der Waals surface area contributed by atoms with Crippen molar-refractivity contribution in [2.24, 2.45) is 0 Å². The summed E-state index contributed by atoms with van der Waals surface area (Å²) in [5.74, 6) is -0.960. The van der Waals surface area contributed by atoms with Gasteiger partial charge in [0.1, 0.15) is 11.6 Å². The monoisotopic (exact) mass is 371 g/mol. The molecular weight excluding hydrogens is 357 g/mol. The standard InChI is InChI=1S/C19H14FNO4S/c1-12(22)25-15-8-6-13(7-9-15)10-17-18(23)21(19(24)26-17)11-14-4-2-3-5-16(14)20/h2-10H,11H2,1H3/b17-10-. The van der Waals surface area contributed by atoms with Gasteiger partial charge in [-0.05, 0) is 41.6 Å². The van der Waals surface area contributed by atoms with E-state index >= 15 is 0 Å². The summed E-state index contributed by atoms with van der Waals surface area (Å²) in [6, 6.07) is 12.6. The number of thioether (sulfide) groups is 1. The summed E-state index contributed by atoms with van der Waals surface area (Å²) in [5, 5.41) is -0.443. The molecule has 1 heterocycles. The van der Waals surface area contributed by atoms with Crippen LogP contribution in [-0.2, 0) is 16.1 Å². The Morgan fingerprint density at radius 2 is 1.85 bits per heavy atom. The van der Waals surface area contributed by atoms with Gasteiger partial charge in [-0.25, -0.2) is 4.39 Å². The number of hydrogen-bond donors (Lipinski definition) is 0. The van der Waals surface area contributed by atoms with E-state index in [1.807, 2.05) is 0 Å². The molecule has 3 rings (SSSR count). The lowest BCUT2D eigenvalue weighted by Crippen LogP contribution is -2.27. The van der Waals surface area contributed by atoms with Crippen LogP contribution in [0.25, 0.3) is 6.08 Å². The van der Waals surface area contributed by atoms with Gasteiger partial charge in [-0.1, -0.05) is 30.3 Å². The first-order valence-corrected chi connectivity index (χ1v) is 8.53. The van der Waals surface area contributed by atoms with Crippen molar-refractivity contribution in [3.63, 3.8) is 0 Å². The molecule has 0 atom stereocenters. The molecule has 0 radical (unpaired) electrons. The number of imide groups is 1. The highest BCUT2D eigenvalue weighted by molar-refractivity contribution is 8.18. The maximum Gasteiger partial charge on any atom is 0.308 e. The zero-order chi connectivity index (χ0) is 18.7. The van der Waals surface area contributed by atoms with Crippen LogP contribution in [0.4, 0.5) is 9.18 Å². The van der Waals surface area contributed by atoms with E-state index in [-0.39, 0.29) is 17.0 Å². The second-order valence-electron chi connectivity index (χ2n) is 5.52. The number of hydrogen-bond acceptors (Lipinski definition) is 5. The molecule has 1 aliphatic rings. The molecule has 132 valence electrons. The molecular formula is C19H14FNO4S. The predicted octanol–water partition coefficient (Wildman–Crippen LogP) is 3.99. The Morgan fingerprint density at radius 1 is 1.15 bits per heavy atom. The lowest BCUT2D eigenvalue weighted by atomic mass is 10.2. The maximum atomic E-state index is 13.8. The van der Waals surface area contributed by atoms with Gasteiger partial charge in [0.15, 0.2) is 0 Å². The maximum absolute atomic E-state index is 13.8. The molecule has 5 nitrogen and oxygen atoms in total. The number of amides is 2. The van der Waals surface area contributed by atoms with E-state index in [1.54, 1.807) is 42.5 Å². The molecule has 1 aliphatic heterocycles. The number of rotatable bonds is 4. The zero-order valence-electron chi connectivity index (χ0n) is 13.8. The minimum absolute atomic E-state index is 0.111. The average Bonchev–Trinajstić information content (AvgIpc) is 2.85. The molecule has 2 aromatic rings. The fraction of sp³-hybridized carbons (Fsp3) is 0.105. The van der Waals surface area contributed by atoms with E-state index in [4.69, 9.17) is 4.74 Å². The van der Waals surface area contributed by atoms with Crippen molar-refractivity contribution >= 4 is 35.0 Å². The Balaban J connectivity index is 1.76. The van der Waals surface area contributed by atoms with Crippen molar-refractivity contribution in [3.05, 3.63) is 70.4 Å². The molecule has 0 aromatic heterocycles. The first-order chi connectivity index (χ1) is 12.4. The van der Waals surface area contributed by atoms with Gasteiger partial charge >= 0.3 is 5.97 Å². The first kappa shape index (κ1) is 17.9. The van der Waals surface area contributed by atoms with E-state index < -0.39 is 22.9 Å². The number of halogens is 1. The van der Waals surface area contributed by atoms with E-state index in [1.165, 1.54) is 19.1 Å². The summed E-state index contributed by atoms with van der Waals surface area (Å²) in [7, 11) is 0. The molecule has 1 fully saturated rings. The van der Waals surface area contributed by atoms with Crippen molar-refractivity contribution in [2.75, 3.05) is 0 Å².